The number of methoxy groups -OCH3 is 1. The summed E-state index contributed by atoms with van der Waals surface area (Å²) in [6.07, 6.45) is 0.339. The van der Waals surface area contributed by atoms with Crippen LogP contribution in [0.2, 0.25) is 5.02 Å². The molecule has 0 saturated heterocycles. The van der Waals surface area contributed by atoms with Crippen LogP contribution < -0.4 is 10.1 Å². The van der Waals surface area contributed by atoms with Crippen LogP contribution in [-0.2, 0) is 4.79 Å². The third-order valence-corrected chi connectivity index (χ3v) is 6.11. The fraction of sp³-hybridized carbons (Fsp3) is 0.227. The molecule has 0 aliphatic rings. The number of amides is 1. The van der Waals surface area contributed by atoms with Gasteiger partial charge in [0.05, 0.1) is 17.6 Å². The Morgan fingerprint density at radius 2 is 2.00 bits per heavy atom. The normalized spacial score (nSPS) is 11.2. The van der Waals surface area contributed by atoms with Gasteiger partial charge < -0.3 is 10.1 Å². The molecular formula is C22H21ClN4O2S. The number of nitrogens with one attached hydrogen (secondary N) is 1. The number of fused-ring (bicyclic) bond motifs is 3. The van der Waals surface area contributed by atoms with Crippen molar-refractivity contribution in [3.05, 3.63) is 58.6 Å². The van der Waals surface area contributed by atoms with Crippen LogP contribution in [0.1, 0.15) is 17.5 Å². The summed E-state index contributed by atoms with van der Waals surface area (Å²) in [6.45, 7) is 4.17. The van der Waals surface area contributed by atoms with Gasteiger partial charge in [-0.1, -0.05) is 41.6 Å². The highest BCUT2D eigenvalue weighted by Crippen LogP contribution is 2.29. The van der Waals surface area contributed by atoms with E-state index in [2.05, 4.69) is 52.0 Å². The lowest BCUT2D eigenvalue weighted by Crippen LogP contribution is -2.12. The number of carbonyl (C=O) groups excluding carboxylic acids is 1. The molecule has 2 heterocycles. The SMILES string of the molecule is COc1ccc(NC(=O)CCSc2nnc3cc(C)c4cccc(C)c4n23)cc1Cl. The molecule has 0 bridgehead atoms. The lowest BCUT2D eigenvalue weighted by molar-refractivity contribution is -0.115. The number of anilines is 1. The van der Waals surface area contributed by atoms with Crippen LogP contribution in [-0.4, -0.2) is 33.4 Å². The maximum atomic E-state index is 12.3. The largest absolute Gasteiger partial charge is 0.495 e. The molecule has 2 aromatic heterocycles. The molecule has 0 saturated carbocycles. The van der Waals surface area contributed by atoms with Gasteiger partial charge in [0.2, 0.25) is 5.91 Å². The Morgan fingerprint density at radius 3 is 2.77 bits per heavy atom. The number of pyridine rings is 1. The van der Waals surface area contributed by atoms with E-state index in [9.17, 15) is 4.79 Å². The van der Waals surface area contributed by atoms with Gasteiger partial charge in [-0.15, -0.1) is 10.2 Å². The Hall–Kier alpha value is -2.77. The molecule has 1 amide bonds. The number of carbonyl (C=O) groups is 1. The number of thioether (sulfide) groups is 1. The molecule has 0 aliphatic heterocycles. The van der Waals surface area contributed by atoms with Crippen LogP contribution >= 0.6 is 23.4 Å². The van der Waals surface area contributed by atoms with Crippen molar-refractivity contribution in [1.82, 2.24) is 14.6 Å². The first kappa shape index (κ1) is 20.5. The molecule has 0 unspecified atom stereocenters. The zero-order chi connectivity index (χ0) is 21.3. The summed E-state index contributed by atoms with van der Waals surface area (Å²) in [4.78, 5) is 12.3. The third kappa shape index (κ3) is 3.95. The maximum Gasteiger partial charge on any atom is 0.225 e. The number of aryl methyl sites for hydroxylation is 2. The van der Waals surface area contributed by atoms with E-state index in [-0.39, 0.29) is 5.91 Å². The highest BCUT2D eigenvalue weighted by atomic mass is 35.5. The highest BCUT2D eigenvalue weighted by Gasteiger charge is 2.14. The minimum atomic E-state index is -0.0885. The zero-order valence-corrected chi connectivity index (χ0v) is 18.5. The summed E-state index contributed by atoms with van der Waals surface area (Å²) in [5.74, 6) is 1.06. The Morgan fingerprint density at radius 1 is 1.17 bits per heavy atom. The van der Waals surface area contributed by atoms with Crippen LogP contribution in [0.3, 0.4) is 0 Å². The molecular weight excluding hydrogens is 420 g/mol. The number of aromatic nitrogens is 3. The topological polar surface area (TPSA) is 68.5 Å². The van der Waals surface area contributed by atoms with Crippen molar-refractivity contribution in [2.45, 2.75) is 25.4 Å². The number of hydrogen-bond donors (Lipinski definition) is 1. The van der Waals surface area contributed by atoms with E-state index in [4.69, 9.17) is 16.3 Å². The molecule has 0 radical (unpaired) electrons. The summed E-state index contributed by atoms with van der Waals surface area (Å²) < 4.78 is 7.20. The van der Waals surface area contributed by atoms with E-state index in [1.165, 1.54) is 22.7 Å². The van der Waals surface area contributed by atoms with Gasteiger partial charge in [-0.05, 0) is 49.2 Å². The van der Waals surface area contributed by atoms with E-state index in [0.29, 0.717) is 28.6 Å². The van der Waals surface area contributed by atoms with Crippen molar-refractivity contribution in [3.8, 4) is 5.75 Å². The lowest BCUT2D eigenvalue weighted by atomic mass is 10.1. The molecule has 30 heavy (non-hydrogen) atoms. The van der Waals surface area contributed by atoms with Gasteiger partial charge in [-0.3, -0.25) is 9.20 Å². The summed E-state index contributed by atoms with van der Waals surface area (Å²) in [5.41, 5.74) is 4.90. The molecule has 154 valence electrons. The summed E-state index contributed by atoms with van der Waals surface area (Å²) >= 11 is 7.63. The van der Waals surface area contributed by atoms with E-state index in [0.717, 1.165) is 21.9 Å². The summed E-state index contributed by atoms with van der Waals surface area (Å²) in [5, 5.41) is 14.0. The molecule has 0 atom stereocenters. The number of halogens is 1. The maximum absolute atomic E-state index is 12.3. The summed E-state index contributed by atoms with van der Waals surface area (Å²) in [7, 11) is 1.55. The third-order valence-electron chi connectivity index (χ3n) is 4.89. The first-order valence-electron chi connectivity index (χ1n) is 9.48. The average Bonchev–Trinajstić information content (AvgIpc) is 3.11. The van der Waals surface area contributed by atoms with Gasteiger partial charge in [0.25, 0.3) is 0 Å². The van der Waals surface area contributed by atoms with E-state index in [1.807, 2.05) is 6.07 Å². The van der Waals surface area contributed by atoms with Crippen molar-refractivity contribution < 1.29 is 9.53 Å². The monoisotopic (exact) mass is 440 g/mol. The van der Waals surface area contributed by atoms with Crippen molar-refractivity contribution >= 4 is 51.5 Å². The van der Waals surface area contributed by atoms with Gasteiger partial charge >= 0.3 is 0 Å². The Labute approximate surface area is 183 Å². The summed E-state index contributed by atoms with van der Waals surface area (Å²) in [6, 6.07) is 13.5. The van der Waals surface area contributed by atoms with Crippen LogP contribution in [0.5, 0.6) is 5.75 Å². The van der Waals surface area contributed by atoms with E-state index in [1.54, 1.807) is 25.3 Å². The number of ether oxygens (including phenoxy) is 1. The number of nitrogens with zero attached hydrogens (tertiary/aromatic N) is 3. The zero-order valence-electron chi connectivity index (χ0n) is 16.9. The second-order valence-corrected chi connectivity index (χ2v) is 8.44. The second-order valence-electron chi connectivity index (χ2n) is 6.97. The lowest BCUT2D eigenvalue weighted by Gasteiger charge is -2.10. The number of hydrogen-bond acceptors (Lipinski definition) is 5. The van der Waals surface area contributed by atoms with Crippen LogP contribution in [0.25, 0.3) is 16.6 Å². The fourth-order valence-corrected chi connectivity index (χ4v) is 4.57. The highest BCUT2D eigenvalue weighted by molar-refractivity contribution is 7.99. The van der Waals surface area contributed by atoms with Crippen LogP contribution in [0, 0.1) is 13.8 Å². The Kier molecular flexibility index (Phi) is 5.83. The van der Waals surface area contributed by atoms with E-state index < -0.39 is 0 Å². The molecule has 1 N–H and O–H groups in total. The minimum Gasteiger partial charge on any atom is -0.495 e. The second kappa shape index (κ2) is 8.53. The molecule has 4 rings (SSSR count). The van der Waals surface area contributed by atoms with Gasteiger partial charge in [0, 0.05) is 23.2 Å². The van der Waals surface area contributed by atoms with Crippen molar-refractivity contribution in [2.75, 3.05) is 18.2 Å². The first-order valence-corrected chi connectivity index (χ1v) is 10.8. The fourth-order valence-electron chi connectivity index (χ4n) is 3.43. The molecule has 6 nitrogen and oxygen atoms in total. The van der Waals surface area contributed by atoms with E-state index >= 15 is 0 Å². The molecule has 0 spiro atoms. The molecule has 2 aromatic carbocycles. The number of para-hydroxylation sites is 1. The predicted molar refractivity (Wildman–Crippen MR) is 122 cm³/mol. The molecule has 0 aliphatic carbocycles. The molecule has 4 aromatic rings. The van der Waals surface area contributed by atoms with Crippen molar-refractivity contribution in [3.63, 3.8) is 0 Å². The average molecular weight is 441 g/mol. The van der Waals surface area contributed by atoms with Gasteiger partial charge in [-0.25, -0.2) is 0 Å². The molecule has 8 heteroatoms. The minimum absolute atomic E-state index is 0.0885. The Bertz CT molecular complexity index is 1260. The standard InChI is InChI=1S/C22H21ClN4O2S/c1-13-5-4-6-16-14(2)11-19-25-26-22(27(19)21(13)16)30-10-9-20(28)24-15-7-8-18(29-3)17(23)12-15/h4-8,11-12H,9-10H2,1-3H3,(H,24,28). The van der Waals surface area contributed by atoms with Crippen molar-refractivity contribution in [1.29, 1.82) is 0 Å². The number of benzene rings is 2. The first-order chi connectivity index (χ1) is 14.5. The molecule has 0 fully saturated rings. The van der Waals surface area contributed by atoms with Crippen LogP contribution in [0.15, 0.2) is 47.6 Å². The Balaban J connectivity index is 1.48. The smallest absolute Gasteiger partial charge is 0.225 e. The van der Waals surface area contributed by atoms with Gasteiger partial charge in [0.15, 0.2) is 10.8 Å². The van der Waals surface area contributed by atoms with Crippen molar-refractivity contribution in [2.24, 2.45) is 0 Å². The predicted octanol–water partition coefficient (Wildman–Crippen LogP) is 5.28. The van der Waals surface area contributed by atoms with Gasteiger partial charge in [0.1, 0.15) is 5.75 Å². The quantitative estimate of drug-likeness (QED) is 0.413. The number of rotatable bonds is 6. The van der Waals surface area contributed by atoms with Gasteiger partial charge in [-0.2, -0.15) is 0 Å². The van der Waals surface area contributed by atoms with Crippen LogP contribution in [0.4, 0.5) is 5.69 Å².